The van der Waals surface area contributed by atoms with Gasteiger partial charge < -0.3 is 4.90 Å². The van der Waals surface area contributed by atoms with Crippen molar-refractivity contribution in [3.63, 3.8) is 0 Å². The van der Waals surface area contributed by atoms with Crippen LogP contribution in [-0.2, 0) is 13.6 Å². The molecule has 0 saturated carbocycles. The summed E-state index contributed by atoms with van der Waals surface area (Å²) in [5.41, 5.74) is 3.47. The molecule has 0 atom stereocenters. The molecule has 0 aliphatic rings. The van der Waals surface area contributed by atoms with Gasteiger partial charge in [-0.25, -0.2) is 23.1 Å². The quantitative estimate of drug-likeness (QED) is 0.302. The molecular weight excluding hydrogens is 470 g/mol. The second-order valence-electron chi connectivity index (χ2n) is 8.11. The number of imidazole rings is 1. The minimum Gasteiger partial charge on any atom is -0.319 e. The predicted molar refractivity (Wildman–Crippen MR) is 133 cm³/mol. The molecular formula is C24H22F2N8S. The highest BCUT2D eigenvalue weighted by Gasteiger charge is 2.18. The van der Waals surface area contributed by atoms with Gasteiger partial charge in [-0.1, -0.05) is 0 Å². The average molecular weight is 493 g/mol. The molecule has 0 aliphatic heterocycles. The number of halogens is 2. The Morgan fingerprint density at radius 1 is 0.943 bits per heavy atom. The summed E-state index contributed by atoms with van der Waals surface area (Å²) in [6, 6.07) is 8.97. The normalized spacial score (nSPS) is 11.5. The van der Waals surface area contributed by atoms with Crippen molar-refractivity contribution in [3.8, 4) is 11.1 Å². The Balaban J connectivity index is 1.59. The van der Waals surface area contributed by atoms with Crippen LogP contribution >= 0.6 is 12.1 Å². The first-order chi connectivity index (χ1) is 16.9. The molecule has 5 aromatic rings. The fraction of sp³-hybridized carbons (Fsp3) is 0.167. The van der Waals surface area contributed by atoms with E-state index < -0.39 is 11.6 Å². The minimum atomic E-state index is -0.669. The van der Waals surface area contributed by atoms with Crippen molar-refractivity contribution in [1.29, 1.82) is 0 Å². The first kappa shape index (κ1) is 22.9. The van der Waals surface area contributed by atoms with Crippen LogP contribution < -0.4 is 4.90 Å². The summed E-state index contributed by atoms with van der Waals surface area (Å²) in [7, 11) is 5.70. The molecule has 0 bridgehead atoms. The highest BCUT2D eigenvalue weighted by molar-refractivity contribution is 7.95. The molecule has 0 amide bonds. The van der Waals surface area contributed by atoms with Crippen molar-refractivity contribution < 1.29 is 8.78 Å². The monoisotopic (exact) mass is 492 g/mol. The number of pyridine rings is 2. The second-order valence-corrected chi connectivity index (χ2v) is 9.40. The van der Waals surface area contributed by atoms with Crippen molar-refractivity contribution in [2.24, 2.45) is 7.05 Å². The number of nitrogens with zero attached hydrogens (tertiary/aromatic N) is 8. The van der Waals surface area contributed by atoms with E-state index >= 15 is 0 Å². The predicted octanol–water partition coefficient (Wildman–Crippen LogP) is 4.82. The van der Waals surface area contributed by atoms with E-state index in [4.69, 9.17) is 4.98 Å². The van der Waals surface area contributed by atoms with Gasteiger partial charge in [0, 0.05) is 66.8 Å². The Morgan fingerprint density at radius 2 is 1.74 bits per heavy atom. The van der Waals surface area contributed by atoms with E-state index in [0.29, 0.717) is 28.4 Å². The molecule has 4 heterocycles. The van der Waals surface area contributed by atoms with Crippen LogP contribution in [0.2, 0.25) is 0 Å². The van der Waals surface area contributed by atoms with Crippen molar-refractivity contribution in [2.75, 3.05) is 19.0 Å². The molecule has 4 aromatic heterocycles. The summed E-state index contributed by atoms with van der Waals surface area (Å²) in [5.74, 6) is -0.135. The van der Waals surface area contributed by atoms with E-state index in [1.807, 2.05) is 53.9 Å². The SMILES string of the molecule is CN(C)Sn1ccnc1CN(c1cc(F)cc(F)c1)c1ccc2ncc(-c3cnn(C)c3)cc2n1. The van der Waals surface area contributed by atoms with Crippen LogP contribution in [0.1, 0.15) is 5.82 Å². The van der Waals surface area contributed by atoms with Crippen LogP contribution in [0.5, 0.6) is 0 Å². The molecule has 1 aromatic carbocycles. The highest BCUT2D eigenvalue weighted by atomic mass is 32.2. The highest BCUT2D eigenvalue weighted by Crippen LogP contribution is 2.30. The molecule has 0 N–H and O–H groups in total. The lowest BCUT2D eigenvalue weighted by Crippen LogP contribution is -2.21. The van der Waals surface area contributed by atoms with Crippen molar-refractivity contribution in [3.05, 3.63) is 84.8 Å². The molecule has 0 saturated heterocycles. The molecule has 11 heteroatoms. The van der Waals surface area contributed by atoms with E-state index in [9.17, 15) is 8.78 Å². The van der Waals surface area contributed by atoms with E-state index in [0.717, 1.165) is 17.2 Å². The Hall–Kier alpha value is -3.83. The van der Waals surface area contributed by atoms with E-state index in [1.165, 1.54) is 24.3 Å². The third kappa shape index (κ3) is 5.00. The van der Waals surface area contributed by atoms with Gasteiger partial charge in [0.25, 0.3) is 0 Å². The summed E-state index contributed by atoms with van der Waals surface area (Å²) in [6.07, 6.45) is 8.96. The lowest BCUT2D eigenvalue weighted by atomic mass is 10.1. The van der Waals surface area contributed by atoms with E-state index in [2.05, 4.69) is 15.1 Å². The first-order valence-electron chi connectivity index (χ1n) is 10.7. The van der Waals surface area contributed by atoms with Crippen LogP contribution in [0.3, 0.4) is 0 Å². The number of anilines is 2. The van der Waals surface area contributed by atoms with Gasteiger partial charge in [0.1, 0.15) is 23.3 Å². The van der Waals surface area contributed by atoms with Gasteiger partial charge in [0.05, 0.1) is 23.8 Å². The van der Waals surface area contributed by atoms with Gasteiger partial charge in [-0.2, -0.15) is 5.10 Å². The van der Waals surface area contributed by atoms with Crippen molar-refractivity contribution >= 4 is 34.7 Å². The molecule has 0 unspecified atom stereocenters. The fourth-order valence-electron chi connectivity index (χ4n) is 3.70. The van der Waals surface area contributed by atoms with Gasteiger partial charge in [-0.3, -0.25) is 13.6 Å². The van der Waals surface area contributed by atoms with Crippen molar-refractivity contribution in [1.82, 2.24) is 33.0 Å². The number of benzene rings is 1. The standard InChI is InChI=1S/C24H22F2N8S/c1-31(2)35-34-7-6-27-24(34)15-33(20-10-18(25)9-19(26)11-20)23-5-4-21-22(30-23)8-16(12-28-21)17-13-29-32(3)14-17/h4-14H,15H2,1-3H3. The molecule has 178 valence electrons. The number of fused-ring (bicyclic) bond motifs is 1. The largest absolute Gasteiger partial charge is 0.319 e. The average Bonchev–Trinajstić information content (AvgIpc) is 3.44. The van der Waals surface area contributed by atoms with Gasteiger partial charge >= 0.3 is 0 Å². The Bertz CT molecular complexity index is 1480. The van der Waals surface area contributed by atoms with Crippen LogP contribution in [0.4, 0.5) is 20.3 Å². The third-order valence-corrected chi connectivity index (χ3v) is 6.06. The van der Waals surface area contributed by atoms with E-state index in [-0.39, 0.29) is 6.54 Å². The first-order valence-corrected chi connectivity index (χ1v) is 11.5. The number of rotatable bonds is 7. The van der Waals surface area contributed by atoms with Crippen LogP contribution in [0, 0.1) is 11.6 Å². The Morgan fingerprint density at radius 3 is 2.46 bits per heavy atom. The molecule has 5 rings (SSSR count). The van der Waals surface area contributed by atoms with Gasteiger partial charge in [-0.15, -0.1) is 0 Å². The zero-order valence-electron chi connectivity index (χ0n) is 19.3. The van der Waals surface area contributed by atoms with Crippen LogP contribution in [-0.4, -0.2) is 47.1 Å². The topological polar surface area (TPSA) is 67.9 Å². The Labute approximate surface area is 205 Å². The summed E-state index contributed by atoms with van der Waals surface area (Å²) < 4.78 is 33.9. The zero-order chi connectivity index (χ0) is 24.5. The third-order valence-electron chi connectivity index (χ3n) is 5.23. The second kappa shape index (κ2) is 9.43. The van der Waals surface area contributed by atoms with Crippen molar-refractivity contribution in [2.45, 2.75) is 6.54 Å². The summed E-state index contributed by atoms with van der Waals surface area (Å²) >= 11 is 1.45. The maximum absolute atomic E-state index is 14.2. The Kier molecular flexibility index (Phi) is 6.18. The lowest BCUT2D eigenvalue weighted by Gasteiger charge is -2.24. The van der Waals surface area contributed by atoms with E-state index in [1.54, 1.807) is 34.2 Å². The van der Waals surface area contributed by atoms with Gasteiger partial charge in [0.15, 0.2) is 0 Å². The fourth-order valence-corrected chi connectivity index (χ4v) is 4.36. The molecule has 0 radical (unpaired) electrons. The molecule has 0 fully saturated rings. The molecule has 35 heavy (non-hydrogen) atoms. The van der Waals surface area contributed by atoms with Crippen LogP contribution in [0.25, 0.3) is 22.2 Å². The number of aromatic nitrogens is 6. The summed E-state index contributed by atoms with van der Waals surface area (Å²) in [6.45, 7) is 0.241. The number of aryl methyl sites for hydroxylation is 1. The number of hydrogen-bond donors (Lipinski definition) is 0. The molecule has 0 spiro atoms. The molecule has 0 aliphatic carbocycles. The maximum Gasteiger partial charge on any atom is 0.139 e. The summed E-state index contributed by atoms with van der Waals surface area (Å²) in [5, 5.41) is 4.22. The number of hydrogen-bond acceptors (Lipinski definition) is 7. The van der Waals surface area contributed by atoms with Crippen LogP contribution in [0.15, 0.2) is 67.4 Å². The minimum absolute atomic E-state index is 0.241. The maximum atomic E-state index is 14.2. The lowest BCUT2D eigenvalue weighted by molar-refractivity contribution is 0.582. The molecule has 8 nitrogen and oxygen atoms in total. The zero-order valence-corrected chi connectivity index (χ0v) is 20.1. The van der Waals surface area contributed by atoms with Gasteiger partial charge in [-0.05, 0) is 44.4 Å². The summed E-state index contributed by atoms with van der Waals surface area (Å²) in [4.78, 5) is 15.5. The van der Waals surface area contributed by atoms with Gasteiger partial charge in [0.2, 0.25) is 0 Å². The smallest absolute Gasteiger partial charge is 0.139 e.